The first-order valence-electron chi connectivity index (χ1n) is 4.63. The Kier molecular flexibility index (Phi) is 4.03. The summed E-state index contributed by atoms with van der Waals surface area (Å²) in [4.78, 5) is 0. The van der Waals surface area contributed by atoms with Crippen LogP contribution in [0.1, 0.15) is 12.5 Å². The highest BCUT2D eigenvalue weighted by Gasteiger charge is 1.98. The molecule has 0 aromatic heterocycles. The molecular weight excluding hydrogens is 174 g/mol. The minimum absolute atomic E-state index is 0.187. The minimum atomic E-state index is 0.187. The maximum absolute atomic E-state index is 5.68. The highest BCUT2D eigenvalue weighted by atomic mass is 16.5. The third-order valence-electron chi connectivity index (χ3n) is 1.80. The van der Waals surface area contributed by atoms with E-state index in [1.807, 2.05) is 31.2 Å². The number of hydrogen-bond acceptors (Lipinski definition) is 2. The largest absolute Gasteiger partial charge is 0.481 e. The molecule has 2 nitrogen and oxygen atoms in total. The molecule has 14 heavy (non-hydrogen) atoms. The van der Waals surface area contributed by atoms with Gasteiger partial charge in [-0.2, -0.15) is 0 Å². The van der Waals surface area contributed by atoms with Crippen molar-refractivity contribution in [1.29, 1.82) is 0 Å². The molecule has 2 N–H and O–H groups in total. The summed E-state index contributed by atoms with van der Waals surface area (Å²) in [5, 5.41) is 0. The van der Waals surface area contributed by atoms with E-state index in [0.717, 1.165) is 12.2 Å². The van der Waals surface area contributed by atoms with Crippen molar-refractivity contribution in [3.63, 3.8) is 0 Å². The van der Waals surface area contributed by atoms with Crippen molar-refractivity contribution in [2.45, 2.75) is 19.4 Å². The van der Waals surface area contributed by atoms with E-state index in [1.165, 1.54) is 5.56 Å². The lowest BCUT2D eigenvalue weighted by molar-refractivity contribution is 0.370. The van der Waals surface area contributed by atoms with E-state index >= 15 is 0 Å². The fourth-order valence-corrected chi connectivity index (χ4v) is 1.22. The Hall–Kier alpha value is -1.46. The van der Waals surface area contributed by atoms with Crippen molar-refractivity contribution >= 4 is 0 Å². The van der Waals surface area contributed by atoms with Crippen LogP contribution in [0.25, 0.3) is 0 Å². The zero-order chi connectivity index (χ0) is 10.4. The Labute approximate surface area is 85.1 Å². The molecule has 0 aliphatic carbocycles. The Morgan fingerprint density at radius 1 is 1.43 bits per heavy atom. The lowest BCUT2D eigenvalue weighted by atomic mass is 10.1. The molecule has 1 atom stereocenters. The van der Waals surface area contributed by atoms with E-state index in [0.29, 0.717) is 6.61 Å². The molecule has 0 heterocycles. The Morgan fingerprint density at radius 3 is 2.57 bits per heavy atom. The Morgan fingerprint density at radius 2 is 2.07 bits per heavy atom. The third-order valence-corrected chi connectivity index (χ3v) is 1.80. The molecule has 1 rings (SSSR count). The first-order valence-corrected chi connectivity index (χ1v) is 4.63. The Balaban J connectivity index is 2.56. The number of benzene rings is 1. The van der Waals surface area contributed by atoms with Crippen molar-refractivity contribution in [2.75, 3.05) is 6.61 Å². The van der Waals surface area contributed by atoms with E-state index in [2.05, 4.69) is 5.92 Å². The Bertz CT molecular complexity index is 308. The highest BCUT2D eigenvalue weighted by molar-refractivity contribution is 5.28. The summed E-state index contributed by atoms with van der Waals surface area (Å²) < 4.78 is 5.25. The second kappa shape index (κ2) is 5.31. The van der Waals surface area contributed by atoms with E-state index in [-0.39, 0.29) is 6.04 Å². The van der Waals surface area contributed by atoms with Crippen molar-refractivity contribution in [3.05, 3.63) is 29.8 Å². The average molecular weight is 189 g/mol. The fraction of sp³-hybridized carbons (Fsp3) is 0.333. The maximum atomic E-state index is 5.68. The van der Waals surface area contributed by atoms with Gasteiger partial charge in [0.2, 0.25) is 0 Å². The monoisotopic (exact) mass is 189 g/mol. The lowest BCUT2D eigenvalue weighted by Gasteiger charge is -2.06. The summed E-state index contributed by atoms with van der Waals surface area (Å²) in [5.74, 6) is 3.22. The summed E-state index contributed by atoms with van der Waals surface area (Å²) in [7, 11) is 0. The summed E-state index contributed by atoms with van der Waals surface area (Å²) in [6.45, 7) is 2.30. The van der Waals surface area contributed by atoms with Crippen LogP contribution in [-0.4, -0.2) is 12.6 Å². The van der Waals surface area contributed by atoms with Gasteiger partial charge in [0, 0.05) is 6.04 Å². The molecular formula is C12H15NO. The van der Waals surface area contributed by atoms with Crippen LogP contribution < -0.4 is 10.5 Å². The topological polar surface area (TPSA) is 35.2 Å². The van der Waals surface area contributed by atoms with Gasteiger partial charge < -0.3 is 10.5 Å². The number of hydrogen-bond donors (Lipinski definition) is 1. The van der Waals surface area contributed by atoms with Crippen LogP contribution in [0.3, 0.4) is 0 Å². The van der Waals surface area contributed by atoms with Crippen LogP contribution in [0.15, 0.2) is 24.3 Å². The summed E-state index contributed by atoms with van der Waals surface area (Å²) >= 11 is 0. The molecule has 0 saturated heterocycles. The van der Waals surface area contributed by atoms with E-state index in [1.54, 1.807) is 0 Å². The third kappa shape index (κ3) is 3.51. The second-order valence-electron chi connectivity index (χ2n) is 3.32. The van der Waals surface area contributed by atoms with Gasteiger partial charge in [0.25, 0.3) is 0 Å². The summed E-state index contributed by atoms with van der Waals surface area (Å²) in [5.41, 5.74) is 6.90. The van der Waals surface area contributed by atoms with Crippen molar-refractivity contribution < 1.29 is 4.74 Å². The fourth-order valence-electron chi connectivity index (χ4n) is 1.22. The molecule has 0 radical (unpaired) electrons. The number of nitrogens with two attached hydrogens (primary N) is 1. The number of terminal acetylenes is 1. The molecule has 0 spiro atoms. The molecule has 0 unspecified atom stereocenters. The van der Waals surface area contributed by atoms with Gasteiger partial charge in [0.1, 0.15) is 12.4 Å². The molecule has 0 aliphatic heterocycles. The van der Waals surface area contributed by atoms with Gasteiger partial charge in [-0.1, -0.05) is 18.1 Å². The maximum Gasteiger partial charge on any atom is 0.148 e. The zero-order valence-corrected chi connectivity index (χ0v) is 8.36. The molecule has 0 aliphatic rings. The van der Waals surface area contributed by atoms with Crippen LogP contribution >= 0.6 is 0 Å². The quantitative estimate of drug-likeness (QED) is 0.730. The summed E-state index contributed by atoms with van der Waals surface area (Å²) in [6, 6.07) is 8.03. The van der Waals surface area contributed by atoms with Crippen molar-refractivity contribution in [3.8, 4) is 18.1 Å². The SMILES string of the molecule is C#CCOc1ccc(C[C@@H](C)N)cc1. The number of ether oxygens (including phenoxy) is 1. The van der Waals surface area contributed by atoms with Crippen LogP contribution in [0.2, 0.25) is 0 Å². The second-order valence-corrected chi connectivity index (χ2v) is 3.32. The van der Waals surface area contributed by atoms with Gasteiger partial charge in [-0.3, -0.25) is 0 Å². The normalized spacial score (nSPS) is 11.8. The lowest BCUT2D eigenvalue weighted by Crippen LogP contribution is -2.17. The molecule has 0 bridgehead atoms. The smallest absolute Gasteiger partial charge is 0.148 e. The summed E-state index contributed by atoms with van der Waals surface area (Å²) in [6.07, 6.45) is 5.96. The molecule has 74 valence electrons. The molecule has 2 heteroatoms. The molecule has 1 aromatic carbocycles. The zero-order valence-electron chi connectivity index (χ0n) is 8.36. The van der Waals surface area contributed by atoms with E-state index in [4.69, 9.17) is 16.9 Å². The van der Waals surface area contributed by atoms with Gasteiger partial charge in [-0.25, -0.2) is 0 Å². The molecule has 0 saturated carbocycles. The molecule has 0 fully saturated rings. The van der Waals surface area contributed by atoms with Gasteiger partial charge >= 0.3 is 0 Å². The number of rotatable bonds is 4. The molecule has 0 amide bonds. The highest BCUT2D eigenvalue weighted by Crippen LogP contribution is 2.12. The van der Waals surface area contributed by atoms with Crippen molar-refractivity contribution in [1.82, 2.24) is 0 Å². The van der Waals surface area contributed by atoms with Crippen LogP contribution in [0, 0.1) is 12.3 Å². The van der Waals surface area contributed by atoms with Crippen LogP contribution in [-0.2, 0) is 6.42 Å². The predicted octanol–water partition coefficient (Wildman–Crippen LogP) is 1.59. The van der Waals surface area contributed by atoms with Gasteiger partial charge in [0.05, 0.1) is 0 Å². The molecule has 1 aromatic rings. The standard InChI is InChI=1S/C12H15NO/c1-3-8-14-12-6-4-11(5-7-12)9-10(2)13/h1,4-7,10H,8-9,13H2,2H3/t10-/m1/s1. The average Bonchev–Trinajstić information content (AvgIpc) is 2.16. The van der Waals surface area contributed by atoms with Crippen LogP contribution in [0.5, 0.6) is 5.75 Å². The van der Waals surface area contributed by atoms with E-state index < -0.39 is 0 Å². The first-order chi connectivity index (χ1) is 6.72. The minimum Gasteiger partial charge on any atom is -0.481 e. The first kappa shape index (κ1) is 10.6. The van der Waals surface area contributed by atoms with E-state index in [9.17, 15) is 0 Å². The van der Waals surface area contributed by atoms with Gasteiger partial charge in [-0.15, -0.1) is 6.42 Å². The van der Waals surface area contributed by atoms with Crippen molar-refractivity contribution in [2.24, 2.45) is 5.73 Å². The van der Waals surface area contributed by atoms with Gasteiger partial charge in [0.15, 0.2) is 0 Å². The van der Waals surface area contributed by atoms with Crippen LogP contribution in [0.4, 0.5) is 0 Å². The predicted molar refractivity (Wildman–Crippen MR) is 58.1 cm³/mol. The van der Waals surface area contributed by atoms with Gasteiger partial charge in [-0.05, 0) is 31.0 Å².